The van der Waals surface area contributed by atoms with Gasteiger partial charge in [0.15, 0.2) is 0 Å². The van der Waals surface area contributed by atoms with E-state index in [2.05, 4.69) is 10.6 Å². The first-order valence-electron chi connectivity index (χ1n) is 7.80. The molecule has 2 rings (SSSR count). The molecule has 0 radical (unpaired) electrons. The Balaban J connectivity index is 2.05. The van der Waals surface area contributed by atoms with Crippen molar-refractivity contribution in [2.45, 2.75) is 18.7 Å². The van der Waals surface area contributed by atoms with Crippen LogP contribution in [0.5, 0.6) is 0 Å². The molecular formula is C17H20ClN3O3S. The number of halogens is 1. The Morgan fingerprint density at radius 2 is 1.36 bits per heavy atom. The molecule has 0 spiro atoms. The van der Waals surface area contributed by atoms with Crippen molar-refractivity contribution in [3.8, 4) is 0 Å². The van der Waals surface area contributed by atoms with Crippen molar-refractivity contribution in [3.63, 3.8) is 0 Å². The number of anilines is 2. The molecule has 6 nitrogen and oxygen atoms in total. The van der Waals surface area contributed by atoms with Gasteiger partial charge in [0.05, 0.1) is 4.90 Å². The molecule has 0 bridgehead atoms. The third-order valence-corrected chi connectivity index (χ3v) is 5.87. The lowest BCUT2D eigenvalue weighted by atomic mass is 10.3. The second kappa shape index (κ2) is 8.33. The third-order valence-electron chi connectivity index (χ3n) is 3.56. The maximum absolute atomic E-state index is 12.4. The highest BCUT2D eigenvalue weighted by molar-refractivity contribution is 7.89. The van der Waals surface area contributed by atoms with Crippen molar-refractivity contribution < 1.29 is 13.2 Å². The largest absolute Gasteiger partial charge is 0.323 e. The zero-order chi connectivity index (χ0) is 18.4. The molecule has 8 heteroatoms. The van der Waals surface area contributed by atoms with Crippen molar-refractivity contribution in [2.24, 2.45) is 0 Å². The van der Waals surface area contributed by atoms with Crippen molar-refractivity contribution in [2.75, 3.05) is 23.7 Å². The molecule has 2 aromatic rings. The molecule has 134 valence electrons. The molecule has 0 aliphatic heterocycles. The number of sulfonamides is 1. The maximum atomic E-state index is 12.4. The van der Waals surface area contributed by atoms with E-state index in [0.29, 0.717) is 29.5 Å². The number of amides is 2. The number of rotatable bonds is 6. The van der Waals surface area contributed by atoms with Crippen LogP contribution < -0.4 is 10.6 Å². The van der Waals surface area contributed by atoms with E-state index in [4.69, 9.17) is 11.6 Å². The first-order chi connectivity index (χ1) is 11.9. The molecule has 2 amide bonds. The number of nitrogens with one attached hydrogen (secondary N) is 2. The molecule has 0 saturated heterocycles. The minimum atomic E-state index is -3.51. The average molecular weight is 382 g/mol. The highest BCUT2D eigenvalue weighted by Crippen LogP contribution is 2.19. The van der Waals surface area contributed by atoms with E-state index in [0.717, 1.165) is 0 Å². The number of hydrogen-bond acceptors (Lipinski definition) is 3. The Bertz CT molecular complexity index is 817. The van der Waals surface area contributed by atoms with Crippen LogP contribution in [0, 0.1) is 0 Å². The Morgan fingerprint density at radius 1 is 0.920 bits per heavy atom. The SMILES string of the molecule is CCN(CC)S(=O)(=O)c1ccc(NC(=O)Nc2ccc(Cl)cc2)cc1. The van der Waals surface area contributed by atoms with E-state index in [-0.39, 0.29) is 4.90 Å². The number of urea groups is 1. The Kier molecular flexibility index (Phi) is 6.41. The van der Waals surface area contributed by atoms with Gasteiger partial charge in [-0.3, -0.25) is 0 Å². The minimum absolute atomic E-state index is 0.194. The lowest BCUT2D eigenvalue weighted by Gasteiger charge is -2.18. The van der Waals surface area contributed by atoms with E-state index in [1.165, 1.54) is 16.4 Å². The van der Waals surface area contributed by atoms with Gasteiger partial charge in [0, 0.05) is 29.5 Å². The van der Waals surface area contributed by atoms with Crippen LogP contribution in [0.3, 0.4) is 0 Å². The molecule has 0 aliphatic rings. The summed E-state index contributed by atoms with van der Waals surface area (Å²) in [5.41, 5.74) is 1.09. The topological polar surface area (TPSA) is 78.5 Å². The van der Waals surface area contributed by atoms with Crippen molar-refractivity contribution >= 4 is 39.0 Å². The summed E-state index contributed by atoms with van der Waals surface area (Å²) in [7, 11) is -3.51. The molecule has 2 aromatic carbocycles. The smallest absolute Gasteiger partial charge is 0.308 e. The summed E-state index contributed by atoms with van der Waals surface area (Å²) in [5.74, 6) is 0. The highest BCUT2D eigenvalue weighted by Gasteiger charge is 2.21. The van der Waals surface area contributed by atoms with Crippen molar-refractivity contribution in [1.29, 1.82) is 0 Å². The second-order valence-corrected chi connectivity index (χ2v) is 7.57. The lowest BCUT2D eigenvalue weighted by molar-refractivity contribution is 0.262. The van der Waals surface area contributed by atoms with Crippen LogP contribution in [0.25, 0.3) is 0 Å². The zero-order valence-electron chi connectivity index (χ0n) is 14.0. The normalized spacial score (nSPS) is 11.4. The van der Waals surface area contributed by atoms with E-state index in [1.54, 1.807) is 50.2 Å². The third kappa shape index (κ3) is 4.94. The average Bonchev–Trinajstić information content (AvgIpc) is 2.58. The molecule has 0 heterocycles. The van der Waals surface area contributed by atoms with Gasteiger partial charge in [-0.1, -0.05) is 25.4 Å². The summed E-state index contributed by atoms with van der Waals surface area (Å²) in [4.78, 5) is 12.2. The van der Waals surface area contributed by atoms with E-state index >= 15 is 0 Å². The highest BCUT2D eigenvalue weighted by atomic mass is 35.5. The van der Waals surface area contributed by atoms with E-state index in [1.807, 2.05) is 0 Å². The summed E-state index contributed by atoms with van der Waals surface area (Å²) in [6.07, 6.45) is 0. The van der Waals surface area contributed by atoms with Crippen LogP contribution in [0.15, 0.2) is 53.4 Å². The van der Waals surface area contributed by atoms with Crippen LogP contribution in [0.2, 0.25) is 5.02 Å². The standard InChI is InChI=1S/C17H20ClN3O3S/c1-3-21(4-2)25(23,24)16-11-9-15(10-12-16)20-17(22)19-14-7-5-13(18)6-8-14/h5-12H,3-4H2,1-2H3,(H2,19,20,22). The van der Waals surface area contributed by atoms with Gasteiger partial charge in [0.2, 0.25) is 10.0 Å². The van der Waals surface area contributed by atoms with Gasteiger partial charge in [-0.05, 0) is 48.5 Å². The Labute approximate surface area is 152 Å². The van der Waals surface area contributed by atoms with E-state index < -0.39 is 16.1 Å². The number of carbonyl (C=O) groups is 1. The number of nitrogens with zero attached hydrogens (tertiary/aromatic N) is 1. The van der Waals surface area contributed by atoms with Gasteiger partial charge < -0.3 is 10.6 Å². The number of hydrogen-bond donors (Lipinski definition) is 2. The Morgan fingerprint density at radius 3 is 1.80 bits per heavy atom. The first-order valence-corrected chi connectivity index (χ1v) is 9.62. The lowest BCUT2D eigenvalue weighted by Crippen LogP contribution is -2.30. The molecule has 0 unspecified atom stereocenters. The van der Waals surface area contributed by atoms with Gasteiger partial charge in [-0.25, -0.2) is 13.2 Å². The summed E-state index contributed by atoms with van der Waals surface area (Å²) in [6, 6.07) is 12.3. The van der Waals surface area contributed by atoms with Gasteiger partial charge >= 0.3 is 6.03 Å². The molecule has 0 saturated carbocycles. The van der Waals surface area contributed by atoms with E-state index in [9.17, 15) is 13.2 Å². The second-order valence-electron chi connectivity index (χ2n) is 5.20. The quantitative estimate of drug-likeness (QED) is 0.793. The monoisotopic (exact) mass is 381 g/mol. The summed E-state index contributed by atoms with van der Waals surface area (Å²) in [6.45, 7) is 4.39. The zero-order valence-corrected chi connectivity index (χ0v) is 15.6. The predicted molar refractivity (Wildman–Crippen MR) is 101 cm³/mol. The van der Waals surface area contributed by atoms with Crippen molar-refractivity contribution in [3.05, 3.63) is 53.6 Å². The summed E-state index contributed by atoms with van der Waals surface area (Å²) in [5, 5.41) is 5.89. The molecule has 0 atom stereocenters. The Hall–Kier alpha value is -2.09. The molecule has 25 heavy (non-hydrogen) atoms. The molecule has 0 aromatic heterocycles. The van der Waals surface area contributed by atoms with Gasteiger partial charge in [0.1, 0.15) is 0 Å². The number of benzene rings is 2. The minimum Gasteiger partial charge on any atom is -0.308 e. The molecular weight excluding hydrogens is 362 g/mol. The fraction of sp³-hybridized carbons (Fsp3) is 0.235. The summed E-state index contributed by atoms with van der Waals surface area (Å²) >= 11 is 5.79. The van der Waals surface area contributed by atoms with Gasteiger partial charge in [0.25, 0.3) is 0 Å². The fourth-order valence-corrected chi connectivity index (χ4v) is 3.83. The van der Waals surface area contributed by atoms with Gasteiger partial charge in [-0.15, -0.1) is 0 Å². The van der Waals surface area contributed by atoms with Crippen molar-refractivity contribution in [1.82, 2.24) is 4.31 Å². The van der Waals surface area contributed by atoms with Gasteiger partial charge in [-0.2, -0.15) is 4.31 Å². The van der Waals surface area contributed by atoms with Crippen LogP contribution >= 0.6 is 11.6 Å². The van der Waals surface area contributed by atoms with Crippen LogP contribution in [0.1, 0.15) is 13.8 Å². The number of carbonyl (C=O) groups excluding carboxylic acids is 1. The fourth-order valence-electron chi connectivity index (χ4n) is 2.25. The molecule has 0 fully saturated rings. The summed E-state index contributed by atoms with van der Waals surface area (Å²) < 4.78 is 26.2. The van der Waals surface area contributed by atoms with Crippen LogP contribution in [-0.4, -0.2) is 31.8 Å². The molecule has 2 N–H and O–H groups in total. The van der Waals surface area contributed by atoms with Crippen LogP contribution in [-0.2, 0) is 10.0 Å². The predicted octanol–water partition coefficient (Wildman–Crippen LogP) is 4.01. The van der Waals surface area contributed by atoms with Crippen LogP contribution in [0.4, 0.5) is 16.2 Å². The maximum Gasteiger partial charge on any atom is 0.323 e. The molecule has 0 aliphatic carbocycles. The first kappa shape index (κ1) is 19.2.